The van der Waals surface area contributed by atoms with Crippen molar-refractivity contribution in [3.63, 3.8) is 0 Å². The number of benzene rings is 1. The summed E-state index contributed by atoms with van der Waals surface area (Å²) in [5, 5.41) is 9.11. The number of hydrogen-bond donors (Lipinski definition) is 2. The molecule has 0 heterocycles. The highest BCUT2D eigenvalue weighted by atomic mass is 32.2. The minimum absolute atomic E-state index is 0.0670. The lowest BCUT2D eigenvalue weighted by Crippen LogP contribution is -2.36. The zero-order chi connectivity index (χ0) is 14.0. The Kier molecular flexibility index (Phi) is 4.53. The zero-order valence-electron chi connectivity index (χ0n) is 11.3. The second-order valence-electron chi connectivity index (χ2n) is 5.39. The number of rotatable bonds is 5. The Morgan fingerprint density at radius 1 is 1.22 bits per heavy atom. The maximum atomic E-state index is 12.1. The van der Waals surface area contributed by atoms with Crippen LogP contribution in [0, 0.1) is 19.3 Å². The van der Waals surface area contributed by atoms with Crippen molar-refractivity contribution in [3.8, 4) is 0 Å². The average Bonchev–Trinajstić information content (AvgIpc) is 2.30. The van der Waals surface area contributed by atoms with Gasteiger partial charge in [-0.05, 0) is 37.1 Å². The van der Waals surface area contributed by atoms with Crippen molar-refractivity contribution in [2.45, 2.75) is 32.6 Å². The maximum absolute atomic E-state index is 12.1. The van der Waals surface area contributed by atoms with E-state index in [4.69, 9.17) is 5.11 Å². The van der Waals surface area contributed by atoms with E-state index in [1.807, 2.05) is 13.8 Å². The summed E-state index contributed by atoms with van der Waals surface area (Å²) in [6, 6.07) is 5.04. The van der Waals surface area contributed by atoms with Crippen molar-refractivity contribution in [3.05, 3.63) is 29.3 Å². The van der Waals surface area contributed by atoms with E-state index >= 15 is 0 Å². The minimum atomic E-state index is -3.50. The first kappa shape index (κ1) is 15.1. The summed E-state index contributed by atoms with van der Waals surface area (Å²) in [6.07, 6.45) is 0. The van der Waals surface area contributed by atoms with Crippen LogP contribution in [0.1, 0.15) is 25.0 Å². The van der Waals surface area contributed by atoms with Crippen LogP contribution in [-0.4, -0.2) is 26.7 Å². The number of sulfonamides is 1. The van der Waals surface area contributed by atoms with E-state index in [0.29, 0.717) is 0 Å². The Morgan fingerprint density at radius 2 is 1.83 bits per heavy atom. The van der Waals surface area contributed by atoms with E-state index in [-0.39, 0.29) is 18.0 Å². The van der Waals surface area contributed by atoms with Gasteiger partial charge < -0.3 is 5.11 Å². The normalized spacial score (nSPS) is 12.7. The van der Waals surface area contributed by atoms with Gasteiger partial charge in [-0.2, -0.15) is 0 Å². The SMILES string of the molecule is Cc1ccc(S(=O)(=O)NCC(C)(C)CO)cc1C. The summed E-state index contributed by atoms with van der Waals surface area (Å²) in [5.74, 6) is 0. The molecule has 0 aliphatic heterocycles. The van der Waals surface area contributed by atoms with Crippen molar-refractivity contribution in [2.24, 2.45) is 5.41 Å². The average molecular weight is 271 g/mol. The van der Waals surface area contributed by atoms with Gasteiger partial charge in [0, 0.05) is 18.6 Å². The fourth-order valence-corrected chi connectivity index (χ4v) is 2.64. The molecular weight excluding hydrogens is 250 g/mol. The highest BCUT2D eigenvalue weighted by Gasteiger charge is 2.21. The van der Waals surface area contributed by atoms with E-state index in [2.05, 4.69) is 4.72 Å². The van der Waals surface area contributed by atoms with Crippen LogP contribution in [0.25, 0.3) is 0 Å². The van der Waals surface area contributed by atoms with Crippen molar-refractivity contribution in [1.82, 2.24) is 4.72 Å². The molecule has 18 heavy (non-hydrogen) atoms. The molecule has 102 valence electrons. The van der Waals surface area contributed by atoms with Gasteiger partial charge >= 0.3 is 0 Å². The van der Waals surface area contributed by atoms with Crippen molar-refractivity contribution < 1.29 is 13.5 Å². The Bertz CT molecular complexity index is 521. The van der Waals surface area contributed by atoms with Gasteiger partial charge in [0.15, 0.2) is 0 Å². The van der Waals surface area contributed by atoms with E-state index < -0.39 is 15.4 Å². The number of hydrogen-bond acceptors (Lipinski definition) is 3. The molecular formula is C13H21NO3S. The highest BCUT2D eigenvalue weighted by Crippen LogP contribution is 2.17. The first-order chi connectivity index (χ1) is 8.18. The van der Waals surface area contributed by atoms with Crippen LogP contribution in [0.3, 0.4) is 0 Å². The predicted molar refractivity (Wildman–Crippen MR) is 72.0 cm³/mol. The smallest absolute Gasteiger partial charge is 0.240 e. The van der Waals surface area contributed by atoms with Crippen molar-refractivity contribution in [2.75, 3.05) is 13.2 Å². The molecule has 0 saturated carbocycles. The van der Waals surface area contributed by atoms with Crippen LogP contribution >= 0.6 is 0 Å². The zero-order valence-corrected chi connectivity index (χ0v) is 12.1. The van der Waals surface area contributed by atoms with Gasteiger partial charge in [-0.15, -0.1) is 0 Å². The summed E-state index contributed by atoms with van der Waals surface area (Å²) < 4.78 is 26.7. The van der Waals surface area contributed by atoms with Crippen LogP contribution in [-0.2, 0) is 10.0 Å². The molecule has 0 bridgehead atoms. The van der Waals surface area contributed by atoms with Crippen LogP contribution in [0.2, 0.25) is 0 Å². The largest absolute Gasteiger partial charge is 0.396 e. The van der Waals surface area contributed by atoms with Gasteiger partial charge in [-0.25, -0.2) is 13.1 Å². The summed E-state index contributed by atoms with van der Waals surface area (Å²) in [7, 11) is -3.50. The minimum Gasteiger partial charge on any atom is -0.396 e. The molecule has 0 saturated heterocycles. The number of aryl methyl sites for hydroxylation is 2. The standard InChI is InChI=1S/C13H21NO3S/c1-10-5-6-12(7-11(10)2)18(16,17)14-8-13(3,4)9-15/h5-7,14-15H,8-9H2,1-4H3. The van der Waals surface area contributed by atoms with E-state index in [9.17, 15) is 8.42 Å². The second-order valence-corrected chi connectivity index (χ2v) is 7.16. The number of aliphatic hydroxyl groups excluding tert-OH is 1. The first-order valence-electron chi connectivity index (χ1n) is 5.86. The van der Waals surface area contributed by atoms with Gasteiger partial charge in [0.1, 0.15) is 0 Å². The first-order valence-corrected chi connectivity index (χ1v) is 7.34. The monoisotopic (exact) mass is 271 g/mol. The molecule has 0 spiro atoms. The Hall–Kier alpha value is -0.910. The molecule has 2 N–H and O–H groups in total. The molecule has 0 atom stereocenters. The molecule has 1 aromatic carbocycles. The maximum Gasteiger partial charge on any atom is 0.240 e. The summed E-state index contributed by atoms with van der Waals surface area (Å²) >= 11 is 0. The van der Waals surface area contributed by atoms with E-state index in [1.165, 1.54) is 0 Å². The van der Waals surface area contributed by atoms with Gasteiger partial charge in [-0.1, -0.05) is 19.9 Å². The Balaban J connectivity index is 2.90. The van der Waals surface area contributed by atoms with Crippen molar-refractivity contribution in [1.29, 1.82) is 0 Å². The fourth-order valence-electron chi connectivity index (χ4n) is 1.31. The topological polar surface area (TPSA) is 66.4 Å². The fraction of sp³-hybridized carbons (Fsp3) is 0.538. The lowest BCUT2D eigenvalue weighted by molar-refractivity contribution is 0.163. The van der Waals surface area contributed by atoms with Crippen molar-refractivity contribution >= 4 is 10.0 Å². The predicted octanol–water partition coefficient (Wildman–Crippen LogP) is 1.60. The van der Waals surface area contributed by atoms with E-state index in [0.717, 1.165) is 11.1 Å². The molecule has 0 aliphatic carbocycles. The van der Waals surface area contributed by atoms with Crippen LogP contribution in [0.4, 0.5) is 0 Å². The molecule has 0 amide bonds. The molecule has 0 aromatic heterocycles. The molecule has 0 aliphatic rings. The third kappa shape index (κ3) is 3.80. The number of aliphatic hydroxyl groups is 1. The second kappa shape index (κ2) is 5.38. The Labute approximate surface area is 109 Å². The lowest BCUT2D eigenvalue weighted by Gasteiger charge is -2.21. The third-order valence-electron chi connectivity index (χ3n) is 2.96. The number of nitrogens with one attached hydrogen (secondary N) is 1. The quantitative estimate of drug-likeness (QED) is 0.855. The molecule has 5 heteroatoms. The third-order valence-corrected chi connectivity index (χ3v) is 4.36. The Morgan fingerprint density at radius 3 is 2.33 bits per heavy atom. The van der Waals surface area contributed by atoms with E-state index in [1.54, 1.807) is 32.0 Å². The van der Waals surface area contributed by atoms with Gasteiger partial charge in [0.2, 0.25) is 10.0 Å². The van der Waals surface area contributed by atoms with Gasteiger partial charge in [0.25, 0.3) is 0 Å². The summed E-state index contributed by atoms with van der Waals surface area (Å²) in [6.45, 7) is 7.56. The molecule has 0 radical (unpaired) electrons. The summed E-state index contributed by atoms with van der Waals surface area (Å²) in [4.78, 5) is 0.263. The lowest BCUT2D eigenvalue weighted by atomic mass is 9.96. The molecule has 0 unspecified atom stereocenters. The van der Waals surface area contributed by atoms with Crippen LogP contribution < -0.4 is 4.72 Å². The molecule has 0 fully saturated rings. The highest BCUT2D eigenvalue weighted by molar-refractivity contribution is 7.89. The van der Waals surface area contributed by atoms with Crippen LogP contribution in [0.15, 0.2) is 23.1 Å². The summed E-state index contributed by atoms with van der Waals surface area (Å²) in [5.41, 5.74) is 1.54. The molecule has 1 rings (SSSR count). The molecule has 1 aromatic rings. The van der Waals surface area contributed by atoms with Crippen LogP contribution in [0.5, 0.6) is 0 Å². The van der Waals surface area contributed by atoms with Gasteiger partial charge in [0.05, 0.1) is 4.90 Å². The van der Waals surface area contributed by atoms with Gasteiger partial charge in [-0.3, -0.25) is 0 Å². The molecule has 4 nitrogen and oxygen atoms in total.